The zero-order valence-electron chi connectivity index (χ0n) is 11.2. The van der Waals surface area contributed by atoms with E-state index >= 15 is 0 Å². The predicted octanol–water partition coefficient (Wildman–Crippen LogP) is 1.03. The number of carbonyl (C=O) groups is 1. The number of aromatic nitrogens is 2. The minimum atomic E-state index is -0.184. The van der Waals surface area contributed by atoms with E-state index in [1.54, 1.807) is 18.1 Å². The van der Waals surface area contributed by atoms with Crippen LogP contribution < -0.4 is 15.5 Å². The number of nitrogens with two attached hydrogens (primary N) is 1. The lowest BCUT2D eigenvalue weighted by molar-refractivity contribution is -0.120. The number of carbonyl (C=O) groups excluding carboxylic acids is 1. The molecule has 6 heteroatoms. The van der Waals surface area contributed by atoms with Crippen LogP contribution in [0.1, 0.15) is 27.2 Å². The maximum Gasteiger partial charge on any atom is 0.249 e. The van der Waals surface area contributed by atoms with Crippen LogP contribution in [0.25, 0.3) is 0 Å². The van der Waals surface area contributed by atoms with Gasteiger partial charge in [0.2, 0.25) is 11.9 Å². The fourth-order valence-electron chi connectivity index (χ4n) is 2.39. The maximum absolute atomic E-state index is 12.3. The highest BCUT2D eigenvalue weighted by Gasteiger charge is 2.38. The van der Waals surface area contributed by atoms with Gasteiger partial charge < -0.3 is 15.5 Å². The molecule has 2 rings (SSSR count). The van der Waals surface area contributed by atoms with Crippen molar-refractivity contribution in [2.75, 3.05) is 22.6 Å². The molecule has 0 saturated heterocycles. The molecule has 6 nitrogen and oxygen atoms in total. The molecule has 1 aromatic heterocycles. The second-order valence-electron chi connectivity index (χ2n) is 4.76. The van der Waals surface area contributed by atoms with Gasteiger partial charge in [0, 0.05) is 13.1 Å². The Morgan fingerprint density at radius 2 is 2.17 bits per heavy atom. The van der Waals surface area contributed by atoms with Crippen molar-refractivity contribution >= 4 is 23.4 Å². The Bertz CT molecular complexity index is 474. The molecule has 1 unspecified atom stereocenters. The van der Waals surface area contributed by atoms with Crippen molar-refractivity contribution in [2.45, 2.75) is 39.3 Å². The molecule has 2 N–H and O–H groups in total. The number of fused-ring (bicyclic) bond motifs is 1. The first-order valence-electron chi connectivity index (χ1n) is 6.15. The first-order chi connectivity index (χ1) is 8.47. The van der Waals surface area contributed by atoms with Gasteiger partial charge >= 0.3 is 0 Å². The minimum Gasteiger partial charge on any atom is -0.368 e. The number of amides is 1. The van der Waals surface area contributed by atoms with Crippen LogP contribution in [0.5, 0.6) is 0 Å². The summed E-state index contributed by atoms with van der Waals surface area (Å²) in [6, 6.07) is -0.00236. The van der Waals surface area contributed by atoms with Gasteiger partial charge in [-0.25, -0.2) is 4.98 Å². The highest BCUT2D eigenvalue weighted by molar-refractivity contribution is 6.04. The summed E-state index contributed by atoms with van der Waals surface area (Å²) in [5, 5.41) is 0. The molecular weight excluding hydrogens is 230 g/mol. The molecule has 0 fully saturated rings. The molecule has 0 bridgehead atoms. The monoisotopic (exact) mass is 249 g/mol. The molecule has 0 aromatic carbocycles. The van der Waals surface area contributed by atoms with E-state index < -0.39 is 0 Å². The molecule has 0 spiro atoms. The van der Waals surface area contributed by atoms with Gasteiger partial charge in [0.15, 0.2) is 5.82 Å². The SMILES string of the molecule is CCC1C(=O)N(C)c2cnc(N)nc2N1C(C)C. The number of anilines is 3. The van der Waals surface area contributed by atoms with E-state index in [4.69, 9.17) is 5.73 Å². The average Bonchev–Trinajstić information content (AvgIpc) is 2.32. The van der Waals surface area contributed by atoms with Crippen LogP contribution in [0.3, 0.4) is 0 Å². The van der Waals surface area contributed by atoms with E-state index in [-0.39, 0.29) is 23.9 Å². The van der Waals surface area contributed by atoms with Crippen molar-refractivity contribution in [3.63, 3.8) is 0 Å². The van der Waals surface area contributed by atoms with E-state index in [1.807, 2.05) is 25.7 Å². The summed E-state index contributed by atoms with van der Waals surface area (Å²) in [5.41, 5.74) is 6.37. The molecule has 1 amide bonds. The molecule has 18 heavy (non-hydrogen) atoms. The van der Waals surface area contributed by atoms with Gasteiger partial charge in [-0.05, 0) is 20.3 Å². The van der Waals surface area contributed by atoms with Crippen LogP contribution in [0.4, 0.5) is 17.5 Å². The Morgan fingerprint density at radius 3 is 2.72 bits per heavy atom. The second kappa shape index (κ2) is 4.44. The van der Waals surface area contributed by atoms with Crippen LogP contribution in [0.15, 0.2) is 6.20 Å². The summed E-state index contributed by atoms with van der Waals surface area (Å²) in [6.07, 6.45) is 2.35. The van der Waals surface area contributed by atoms with Gasteiger partial charge in [-0.1, -0.05) is 6.92 Å². The third-order valence-electron chi connectivity index (χ3n) is 3.27. The van der Waals surface area contributed by atoms with E-state index in [0.717, 1.165) is 12.2 Å². The molecule has 0 radical (unpaired) electrons. The summed E-state index contributed by atoms with van der Waals surface area (Å²) in [7, 11) is 1.75. The first kappa shape index (κ1) is 12.6. The average molecular weight is 249 g/mol. The molecule has 1 atom stereocenters. The lowest BCUT2D eigenvalue weighted by Crippen LogP contribution is -2.54. The fourth-order valence-corrected chi connectivity index (χ4v) is 2.39. The van der Waals surface area contributed by atoms with Crippen molar-refractivity contribution in [2.24, 2.45) is 0 Å². The Hall–Kier alpha value is -1.85. The molecule has 0 saturated carbocycles. The van der Waals surface area contributed by atoms with Gasteiger partial charge in [-0.2, -0.15) is 4.98 Å². The third kappa shape index (κ3) is 1.77. The fraction of sp³-hybridized carbons (Fsp3) is 0.583. The summed E-state index contributed by atoms with van der Waals surface area (Å²) in [6.45, 7) is 6.09. The van der Waals surface area contributed by atoms with Crippen molar-refractivity contribution in [3.8, 4) is 0 Å². The normalized spacial score (nSPS) is 19.4. The number of rotatable bonds is 2. The molecular formula is C12H19N5O. The number of hydrogen-bond donors (Lipinski definition) is 1. The van der Waals surface area contributed by atoms with E-state index in [2.05, 4.69) is 9.97 Å². The van der Waals surface area contributed by atoms with Gasteiger partial charge in [0.25, 0.3) is 0 Å². The van der Waals surface area contributed by atoms with Crippen LogP contribution in [-0.4, -0.2) is 35.0 Å². The summed E-state index contributed by atoms with van der Waals surface area (Å²) < 4.78 is 0. The zero-order chi connectivity index (χ0) is 13.4. The predicted molar refractivity (Wildman–Crippen MR) is 71.5 cm³/mol. The van der Waals surface area contributed by atoms with Gasteiger partial charge in [0.05, 0.1) is 6.20 Å². The van der Waals surface area contributed by atoms with Crippen molar-refractivity contribution < 1.29 is 4.79 Å². The van der Waals surface area contributed by atoms with Gasteiger partial charge in [-0.3, -0.25) is 4.79 Å². The third-order valence-corrected chi connectivity index (χ3v) is 3.27. The Balaban J connectivity index is 2.60. The molecule has 1 aromatic rings. The number of hydrogen-bond acceptors (Lipinski definition) is 5. The van der Waals surface area contributed by atoms with Crippen molar-refractivity contribution in [1.82, 2.24) is 9.97 Å². The standard InChI is InChI=1S/C12H19N5O/c1-5-8-11(18)16(4)9-6-14-12(13)15-10(9)17(8)7(2)3/h6-8H,5H2,1-4H3,(H2,13,14,15). The molecule has 2 heterocycles. The van der Waals surface area contributed by atoms with Crippen LogP contribution in [-0.2, 0) is 4.79 Å². The molecule has 98 valence electrons. The maximum atomic E-state index is 12.3. The Kier molecular flexibility index (Phi) is 3.11. The van der Waals surface area contributed by atoms with Crippen LogP contribution in [0, 0.1) is 0 Å². The number of likely N-dealkylation sites (N-methyl/N-ethyl adjacent to an activating group) is 1. The highest BCUT2D eigenvalue weighted by atomic mass is 16.2. The molecule has 1 aliphatic rings. The number of nitrogens with zero attached hydrogens (tertiary/aromatic N) is 4. The van der Waals surface area contributed by atoms with Crippen molar-refractivity contribution in [1.29, 1.82) is 0 Å². The largest absolute Gasteiger partial charge is 0.368 e. The quantitative estimate of drug-likeness (QED) is 0.847. The molecule has 0 aliphatic carbocycles. The lowest BCUT2D eigenvalue weighted by atomic mass is 10.1. The molecule has 1 aliphatic heterocycles. The van der Waals surface area contributed by atoms with Gasteiger partial charge in [0.1, 0.15) is 11.7 Å². The summed E-state index contributed by atoms with van der Waals surface area (Å²) in [5.74, 6) is 1.05. The zero-order valence-corrected chi connectivity index (χ0v) is 11.2. The van der Waals surface area contributed by atoms with E-state index in [0.29, 0.717) is 5.69 Å². The summed E-state index contributed by atoms with van der Waals surface area (Å²) >= 11 is 0. The Morgan fingerprint density at radius 1 is 1.50 bits per heavy atom. The smallest absolute Gasteiger partial charge is 0.249 e. The van der Waals surface area contributed by atoms with E-state index in [9.17, 15) is 4.79 Å². The van der Waals surface area contributed by atoms with E-state index in [1.165, 1.54) is 0 Å². The topological polar surface area (TPSA) is 75.3 Å². The van der Waals surface area contributed by atoms with Crippen molar-refractivity contribution in [3.05, 3.63) is 6.20 Å². The lowest BCUT2D eigenvalue weighted by Gasteiger charge is -2.42. The highest BCUT2D eigenvalue weighted by Crippen LogP contribution is 2.35. The first-order valence-corrected chi connectivity index (χ1v) is 6.15. The van der Waals surface area contributed by atoms with Crippen LogP contribution in [0.2, 0.25) is 0 Å². The Labute approximate surface area is 107 Å². The second-order valence-corrected chi connectivity index (χ2v) is 4.76. The summed E-state index contributed by atoms with van der Waals surface area (Å²) in [4.78, 5) is 24.2. The number of nitrogen functional groups attached to an aromatic ring is 1. The van der Waals surface area contributed by atoms with Crippen LogP contribution >= 0.6 is 0 Å². The van der Waals surface area contributed by atoms with Gasteiger partial charge in [-0.15, -0.1) is 0 Å². The minimum absolute atomic E-state index is 0.0760.